The molecule has 0 aliphatic carbocycles. The van der Waals surface area contributed by atoms with Crippen molar-refractivity contribution in [1.29, 1.82) is 0 Å². The van der Waals surface area contributed by atoms with Crippen LogP contribution in [0.3, 0.4) is 0 Å². The van der Waals surface area contributed by atoms with Gasteiger partial charge in [-0.2, -0.15) is 4.98 Å². The van der Waals surface area contributed by atoms with Crippen LogP contribution in [0.15, 0.2) is 41.3 Å². The smallest absolute Gasteiger partial charge is 0.380 e. The van der Waals surface area contributed by atoms with Crippen molar-refractivity contribution in [3.63, 3.8) is 0 Å². The van der Waals surface area contributed by atoms with Crippen LogP contribution < -0.4 is 15.9 Å². The minimum absolute atomic E-state index is 0.145. The van der Waals surface area contributed by atoms with E-state index in [0.29, 0.717) is 10.8 Å². The summed E-state index contributed by atoms with van der Waals surface area (Å²) in [5, 5.41) is 22.0. The molecule has 12 nitrogen and oxygen atoms in total. The number of rotatable bonds is 11. The molecular weight excluding hydrogens is 555 g/mol. The third-order valence-corrected chi connectivity index (χ3v) is 8.43. The lowest BCUT2D eigenvalue weighted by Crippen LogP contribution is -2.54. The molecule has 1 aliphatic heterocycles. The first kappa shape index (κ1) is 31.6. The van der Waals surface area contributed by atoms with Crippen LogP contribution in [0.25, 0.3) is 0 Å². The number of anilines is 1. The van der Waals surface area contributed by atoms with E-state index in [9.17, 15) is 33.1 Å². The number of aromatic nitrogens is 2. The molecular formula is C25H34F2N3O9P. The third-order valence-electron chi connectivity index (χ3n) is 6.20. The average molecular weight is 590 g/mol. The molecule has 0 radical (unpaired) electrons. The van der Waals surface area contributed by atoms with Crippen molar-refractivity contribution in [2.24, 2.45) is 5.92 Å². The third kappa shape index (κ3) is 6.69. The Kier molecular flexibility index (Phi) is 9.42. The molecule has 1 saturated heterocycles. The second kappa shape index (κ2) is 11.9. The number of hydrogen-bond donors (Lipinski definition) is 3. The molecule has 40 heavy (non-hydrogen) atoms. The number of nitrogens with two attached hydrogens (primary N) is 1. The minimum atomic E-state index is -4.29. The zero-order chi connectivity index (χ0) is 30.0. The van der Waals surface area contributed by atoms with Crippen molar-refractivity contribution in [1.82, 2.24) is 9.55 Å². The summed E-state index contributed by atoms with van der Waals surface area (Å²) >= 11 is 0. The summed E-state index contributed by atoms with van der Waals surface area (Å²) in [7, 11) is -4.29. The molecule has 15 heteroatoms. The summed E-state index contributed by atoms with van der Waals surface area (Å²) in [6, 6.07) is 7.95. The highest BCUT2D eigenvalue weighted by atomic mass is 31.2. The summed E-state index contributed by atoms with van der Waals surface area (Å²) in [6.07, 6.45) is -6.01. The van der Waals surface area contributed by atoms with E-state index >= 15 is 0 Å². The number of nitrogen functional groups attached to an aromatic ring is 1. The number of carbonyl (C=O) groups is 1. The van der Waals surface area contributed by atoms with Gasteiger partial charge in [-0.25, -0.2) is 18.1 Å². The molecule has 1 aromatic heterocycles. The molecule has 4 N–H and O–H groups in total. The molecule has 0 spiro atoms. The Bertz CT molecular complexity index is 1310. The average Bonchev–Trinajstić information content (AvgIpc) is 3.12. The van der Waals surface area contributed by atoms with Gasteiger partial charge in [0.2, 0.25) is 0 Å². The van der Waals surface area contributed by atoms with Gasteiger partial charge in [0.1, 0.15) is 30.2 Å². The molecule has 1 aliphatic rings. The number of alkyl halides is 1. The Labute approximate surface area is 229 Å². The molecule has 2 aromatic rings. The number of esters is 1. The standard InChI is InChI=1S/C25H34F2N3O9P/c1-14(2)36-21(32)15(3)12-40(35,38-16-9-7-6-8-10-16)39-24(4,5)19-18(31)25(34,13-26)22(37-19)30-11-17(27)20(28)29-23(30)33/h6-11,14-15,18-19,22,31,34H,12-13H2,1-5H3,(H2,28,29,33)/t15-,18+,19+,22-,25?,40?/m1/s1. The summed E-state index contributed by atoms with van der Waals surface area (Å²) in [6.45, 7) is 5.80. The number of hydrogen-bond acceptors (Lipinski definition) is 11. The Morgan fingerprint density at radius 3 is 2.50 bits per heavy atom. The van der Waals surface area contributed by atoms with Gasteiger partial charge in [-0.15, -0.1) is 0 Å². The van der Waals surface area contributed by atoms with Crippen molar-refractivity contribution in [3.05, 3.63) is 52.8 Å². The lowest BCUT2D eigenvalue weighted by molar-refractivity contribution is -0.151. The largest absolute Gasteiger partial charge is 0.463 e. The van der Waals surface area contributed by atoms with Crippen LogP contribution in [0.2, 0.25) is 0 Å². The number of aliphatic hydroxyl groups is 2. The van der Waals surface area contributed by atoms with Crippen LogP contribution >= 0.6 is 7.60 Å². The molecule has 0 bridgehead atoms. The van der Waals surface area contributed by atoms with Crippen LogP contribution in [0.4, 0.5) is 14.6 Å². The molecule has 6 atom stereocenters. The van der Waals surface area contributed by atoms with Gasteiger partial charge in [-0.1, -0.05) is 25.1 Å². The molecule has 3 rings (SSSR count). The van der Waals surface area contributed by atoms with Crippen LogP contribution in [0, 0.1) is 11.7 Å². The lowest BCUT2D eigenvalue weighted by Gasteiger charge is -2.36. The van der Waals surface area contributed by atoms with Crippen LogP contribution in [0.5, 0.6) is 5.75 Å². The van der Waals surface area contributed by atoms with Gasteiger partial charge in [0.15, 0.2) is 23.5 Å². The minimum Gasteiger partial charge on any atom is -0.463 e. The van der Waals surface area contributed by atoms with Crippen LogP contribution in [0.1, 0.15) is 40.8 Å². The predicted octanol–water partition coefficient (Wildman–Crippen LogP) is 2.58. The first-order chi connectivity index (χ1) is 18.5. The monoisotopic (exact) mass is 589 g/mol. The fourth-order valence-electron chi connectivity index (χ4n) is 4.26. The van der Waals surface area contributed by atoms with E-state index in [-0.39, 0.29) is 5.75 Å². The van der Waals surface area contributed by atoms with E-state index in [2.05, 4.69) is 4.98 Å². The number of ether oxygens (including phenoxy) is 2. The van der Waals surface area contributed by atoms with Gasteiger partial charge in [-0.3, -0.25) is 13.9 Å². The number of para-hydroxylation sites is 1. The van der Waals surface area contributed by atoms with Crippen molar-refractivity contribution in [3.8, 4) is 5.75 Å². The molecule has 2 unspecified atom stereocenters. The van der Waals surface area contributed by atoms with E-state index in [1.165, 1.54) is 32.9 Å². The fourth-order valence-corrected chi connectivity index (χ4v) is 6.53. The highest BCUT2D eigenvalue weighted by Gasteiger charge is 2.62. The summed E-state index contributed by atoms with van der Waals surface area (Å²) < 4.78 is 65.5. The maximum atomic E-state index is 14.2. The molecule has 2 heterocycles. The summed E-state index contributed by atoms with van der Waals surface area (Å²) in [4.78, 5) is 28.2. The normalized spacial score (nSPS) is 25.4. The Morgan fingerprint density at radius 1 is 1.30 bits per heavy atom. The van der Waals surface area contributed by atoms with Gasteiger partial charge >= 0.3 is 19.3 Å². The second-order valence-electron chi connectivity index (χ2n) is 10.4. The fraction of sp³-hybridized carbons (Fsp3) is 0.560. The lowest BCUT2D eigenvalue weighted by atomic mass is 9.88. The Hall–Kier alpha value is -2.90. The van der Waals surface area contributed by atoms with E-state index < -0.39 is 85.4 Å². The van der Waals surface area contributed by atoms with E-state index in [4.69, 9.17) is 24.3 Å². The first-order valence-corrected chi connectivity index (χ1v) is 14.2. The number of halogens is 2. The van der Waals surface area contributed by atoms with Crippen molar-refractivity contribution in [2.75, 3.05) is 18.6 Å². The molecule has 222 valence electrons. The quantitative estimate of drug-likeness (QED) is 0.260. The molecule has 0 amide bonds. The van der Waals surface area contributed by atoms with Crippen LogP contribution in [-0.2, 0) is 23.4 Å². The first-order valence-electron chi connectivity index (χ1n) is 12.4. The zero-order valence-corrected chi connectivity index (χ0v) is 23.6. The van der Waals surface area contributed by atoms with Crippen molar-refractivity contribution < 1.29 is 46.9 Å². The van der Waals surface area contributed by atoms with E-state index in [1.54, 1.807) is 32.0 Å². The van der Waals surface area contributed by atoms with Gasteiger partial charge in [0.05, 0.1) is 24.4 Å². The van der Waals surface area contributed by atoms with Crippen LogP contribution in [-0.4, -0.2) is 68.1 Å². The molecule has 1 aromatic carbocycles. The van der Waals surface area contributed by atoms with Gasteiger partial charge in [0.25, 0.3) is 0 Å². The van der Waals surface area contributed by atoms with Crippen molar-refractivity contribution >= 4 is 19.4 Å². The zero-order valence-electron chi connectivity index (χ0n) is 22.7. The molecule has 0 saturated carbocycles. The predicted molar refractivity (Wildman–Crippen MR) is 139 cm³/mol. The molecule has 1 fully saturated rings. The summed E-state index contributed by atoms with van der Waals surface area (Å²) in [5.41, 5.74) is -0.453. The summed E-state index contributed by atoms with van der Waals surface area (Å²) in [5.74, 6) is -3.35. The van der Waals surface area contributed by atoms with Crippen molar-refractivity contribution in [2.45, 2.75) is 70.4 Å². The maximum Gasteiger partial charge on any atom is 0.380 e. The second-order valence-corrected chi connectivity index (χ2v) is 12.4. The van der Waals surface area contributed by atoms with Gasteiger partial charge in [0, 0.05) is 0 Å². The van der Waals surface area contributed by atoms with Gasteiger partial charge < -0.3 is 29.9 Å². The highest BCUT2D eigenvalue weighted by molar-refractivity contribution is 7.54. The number of nitrogens with zero attached hydrogens (tertiary/aromatic N) is 2. The SMILES string of the molecule is CC(C)OC(=O)[C@H](C)CP(=O)(Oc1ccccc1)OC(C)(C)[C@H]1O[C@@H](n2cc(F)c(N)nc2=O)C(O)(CF)[C@H]1O. The maximum absolute atomic E-state index is 14.2. The topological polar surface area (TPSA) is 172 Å². The number of aliphatic hydroxyl groups excluding tert-OH is 1. The van der Waals surface area contributed by atoms with E-state index in [0.717, 1.165) is 0 Å². The Morgan fingerprint density at radius 2 is 1.93 bits per heavy atom. The van der Waals surface area contributed by atoms with Gasteiger partial charge in [-0.05, 0) is 39.8 Å². The Balaban J connectivity index is 1.97. The van der Waals surface area contributed by atoms with E-state index in [1.807, 2.05) is 0 Å². The number of benzene rings is 1. The number of carbonyl (C=O) groups excluding carboxylic acids is 1. The highest BCUT2D eigenvalue weighted by Crippen LogP contribution is 2.55.